The van der Waals surface area contributed by atoms with Gasteiger partial charge in [-0.05, 0) is 50.8 Å². The lowest BCUT2D eigenvalue weighted by atomic mass is 10.1. The third-order valence-corrected chi connectivity index (χ3v) is 5.97. The Kier molecular flexibility index (Phi) is 5.34. The van der Waals surface area contributed by atoms with Crippen molar-refractivity contribution >= 4 is 15.8 Å². The van der Waals surface area contributed by atoms with Crippen LogP contribution in [0.15, 0.2) is 35.4 Å². The molecule has 0 aliphatic carbocycles. The number of benzene rings is 1. The smallest absolute Gasteiger partial charge is 0.241 e. The van der Waals surface area contributed by atoms with Crippen LogP contribution in [0.3, 0.4) is 0 Å². The number of aromatic nitrogens is 2. The standard InChI is InChI=1S/C18H24N4O2S/c1-14-6-7-16(15(2)12-14)25(23,24)20-13-17-19-9-8-18(21-17)22-10-4-3-5-11-22/h6-9,12,20H,3-5,10-11,13H2,1-2H3. The minimum atomic E-state index is -3.59. The van der Waals surface area contributed by atoms with Gasteiger partial charge in [0.05, 0.1) is 11.4 Å². The van der Waals surface area contributed by atoms with Crippen LogP contribution in [0.25, 0.3) is 0 Å². The molecule has 134 valence electrons. The molecule has 1 aliphatic rings. The van der Waals surface area contributed by atoms with Gasteiger partial charge in [0.2, 0.25) is 10.0 Å². The third kappa shape index (κ3) is 4.35. The van der Waals surface area contributed by atoms with E-state index in [1.807, 2.05) is 19.1 Å². The van der Waals surface area contributed by atoms with E-state index in [-0.39, 0.29) is 6.54 Å². The summed E-state index contributed by atoms with van der Waals surface area (Å²) in [4.78, 5) is 11.2. The first-order valence-electron chi connectivity index (χ1n) is 8.59. The van der Waals surface area contributed by atoms with E-state index in [2.05, 4.69) is 19.6 Å². The van der Waals surface area contributed by atoms with Gasteiger partial charge in [0.15, 0.2) is 0 Å². The molecule has 3 rings (SSSR count). The van der Waals surface area contributed by atoms with Crippen LogP contribution in [0.4, 0.5) is 5.82 Å². The number of rotatable bonds is 5. The van der Waals surface area contributed by atoms with E-state index in [9.17, 15) is 8.42 Å². The van der Waals surface area contributed by atoms with Crippen molar-refractivity contribution in [3.63, 3.8) is 0 Å². The lowest BCUT2D eigenvalue weighted by Gasteiger charge is -2.27. The van der Waals surface area contributed by atoms with Gasteiger partial charge in [-0.3, -0.25) is 0 Å². The van der Waals surface area contributed by atoms with Crippen molar-refractivity contribution in [1.29, 1.82) is 0 Å². The van der Waals surface area contributed by atoms with Gasteiger partial charge in [-0.1, -0.05) is 17.7 Å². The van der Waals surface area contributed by atoms with Crippen molar-refractivity contribution in [1.82, 2.24) is 14.7 Å². The molecule has 1 aromatic heterocycles. The predicted molar refractivity (Wildman–Crippen MR) is 98.0 cm³/mol. The van der Waals surface area contributed by atoms with Crippen molar-refractivity contribution in [2.45, 2.75) is 44.6 Å². The summed E-state index contributed by atoms with van der Waals surface area (Å²) in [6.07, 6.45) is 5.28. The summed E-state index contributed by atoms with van der Waals surface area (Å²) >= 11 is 0. The maximum absolute atomic E-state index is 12.5. The van der Waals surface area contributed by atoms with Gasteiger partial charge in [-0.25, -0.2) is 23.1 Å². The first-order chi connectivity index (χ1) is 12.0. The fraction of sp³-hybridized carbons (Fsp3) is 0.444. The minimum absolute atomic E-state index is 0.0807. The molecule has 1 N–H and O–H groups in total. The second kappa shape index (κ2) is 7.49. The Hall–Kier alpha value is -1.99. The zero-order valence-corrected chi connectivity index (χ0v) is 15.5. The van der Waals surface area contributed by atoms with E-state index in [0.717, 1.165) is 30.0 Å². The van der Waals surface area contributed by atoms with E-state index in [0.29, 0.717) is 10.7 Å². The highest BCUT2D eigenvalue weighted by molar-refractivity contribution is 7.89. The van der Waals surface area contributed by atoms with E-state index in [1.54, 1.807) is 25.3 Å². The summed E-state index contributed by atoms with van der Waals surface area (Å²) in [5.74, 6) is 1.35. The molecular formula is C18H24N4O2S. The zero-order chi connectivity index (χ0) is 17.9. The number of sulfonamides is 1. The summed E-state index contributed by atoms with van der Waals surface area (Å²) < 4.78 is 27.7. The number of hydrogen-bond donors (Lipinski definition) is 1. The van der Waals surface area contributed by atoms with Crippen LogP contribution in [0, 0.1) is 13.8 Å². The van der Waals surface area contributed by atoms with E-state index in [1.165, 1.54) is 19.3 Å². The molecule has 7 heteroatoms. The second-order valence-corrected chi connectivity index (χ2v) is 8.21. The molecule has 2 heterocycles. The molecule has 1 aliphatic heterocycles. The molecule has 0 atom stereocenters. The summed E-state index contributed by atoms with van der Waals surface area (Å²) in [7, 11) is -3.59. The Morgan fingerprint density at radius 2 is 1.88 bits per heavy atom. The highest BCUT2D eigenvalue weighted by Crippen LogP contribution is 2.18. The average molecular weight is 360 g/mol. The van der Waals surface area contributed by atoms with Gasteiger partial charge in [-0.2, -0.15) is 0 Å². The van der Waals surface area contributed by atoms with Crippen LogP contribution in [-0.4, -0.2) is 31.5 Å². The average Bonchev–Trinajstić information content (AvgIpc) is 2.61. The molecule has 0 radical (unpaired) electrons. The van der Waals surface area contributed by atoms with Crippen LogP contribution in [0.1, 0.15) is 36.2 Å². The van der Waals surface area contributed by atoms with Gasteiger partial charge in [-0.15, -0.1) is 0 Å². The fourth-order valence-electron chi connectivity index (χ4n) is 3.11. The molecule has 6 nitrogen and oxygen atoms in total. The molecular weight excluding hydrogens is 336 g/mol. The van der Waals surface area contributed by atoms with Gasteiger partial charge in [0.25, 0.3) is 0 Å². The van der Waals surface area contributed by atoms with Crippen molar-refractivity contribution in [2.24, 2.45) is 0 Å². The van der Waals surface area contributed by atoms with Crippen molar-refractivity contribution in [3.8, 4) is 0 Å². The molecule has 0 saturated carbocycles. The number of nitrogens with one attached hydrogen (secondary N) is 1. The molecule has 1 fully saturated rings. The lowest BCUT2D eigenvalue weighted by molar-refractivity contribution is 0.569. The second-order valence-electron chi connectivity index (χ2n) is 6.47. The van der Waals surface area contributed by atoms with Gasteiger partial charge < -0.3 is 4.90 Å². The van der Waals surface area contributed by atoms with Gasteiger partial charge >= 0.3 is 0 Å². The van der Waals surface area contributed by atoms with Gasteiger partial charge in [0, 0.05) is 19.3 Å². The van der Waals surface area contributed by atoms with Crippen molar-refractivity contribution in [3.05, 3.63) is 47.4 Å². The van der Waals surface area contributed by atoms with Crippen LogP contribution in [0.5, 0.6) is 0 Å². The van der Waals surface area contributed by atoms with Crippen molar-refractivity contribution in [2.75, 3.05) is 18.0 Å². The highest BCUT2D eigenvalue weighted by Gasteiger charge is 2.18. The Bertz CT molecular complexity index is 846. The Morgan fingerprint density at radius 3 is 2.60 bits per heavy atom. The molecule has 0 unspecified atom stereocenters. The molecule has 0 amide bonds. The molecule has 1 aromatic carbocycles. The van der Waals surface area contributed by atoms with E-state index >= 15 is 0 Å². The number of aryl methyl sites for hydroxylation is 2. The van der Waals surface area contributed by atoms with E-state index in [4.69, 9.17) is 0 Å². The Balaban J connectivity index is 1.72. The van der Waals surface area contributed by atoms with Crippen molar-refractivity contribution < 1.29 is 8.42 Å². The minimum Gasteiger partial charge on any atom is -0.357 e. The monoisotopic (exact) mass is 360 g/mol. The summed E-state index contributed by atoms with van der Waals surface area (Å²) in [5.41, 5.74) is 1.77. The summed E-state index contributed by atoms with van der Waals surface area (Å²) in [6, 6.07) is 7.18. The Morgan fingerprint density at radius 1 is 1.12 bits per heavy atom. The number of anilines is 1. The number of nitrogens with zero attached hydrogens (tertiary/aromatic N) is 3. The number of piperidine rings is 1. The maximum Gasteiger partial charge on any atom is 0.241 e. The predicted octanol–water partition coefficient (Wildman–Crippen LogP) is 2.56. The normalized spacial score (nSPS) is 15.4. The first kappa shape index (κ1) is 17.8. The quantitative estimate of drug-likeness (QED) is 0.887. The van der Waals surface area contributed by atoms with Gasteiger partial charge in [0.1, 0.15) is 11.6 Å². The van der Waals surface area contributed by atoms with Crippen LogP contribution < -0.4 is 9.62 Å². The molecule has 1 saturated heterocycles. The molecule has 0 spiro atoms. The molecule has 0 bridgehead atoms. The number of hydrogen-bond acceptors (Lipinski definition) is 5. The first-order valence-corrected chi connectivity index (χ1v) is 10.1. The SMILES string of the molecule is Cc1ccc(S(=O)(=O)NCc2nccc(N3CCCCC3)n2)c(C)c1. The topological polar surface area (TPSA) is 75.2 Å². The lowest BCUT2D eigenvalue weighted by Crippen LogP contribution is -2.31. The third-order valence-electron chi connectivity index (χ3n) is 4.41. The fourth-order valence-corrected chi connectivity index (χ4v) is 4.32. The van der Waals surface area contributed by atoms with Crippen LogP contribution in [-0.2, 0) is 16.6 Å². The van der Waals surface area contributed by atoms with E-state index < -0.39 is 10.0 Å². The maximum atomic E-state index is 12.5. The largest absolute Gasteiger partial charge is 0.357 e. The van der Waals surface area contributed by atoms with Crippen LogP contribution >= 0.6 is 0 Å². The molecule has 2 aromatic rings. The Labute approximate surface area is 149 Å². The summed E-state index contributed by atoms with van der Waals surface area (Å²) in [5, 5.41) is 0. The highest BCUT2D eigenvalue weighted by atomic mass is 32.2. The summed E-state index contributed by atoms with van der Waals surface area (Å²) in [6.45, 7) is 5.80. The molecule has 25 heavy (non-hydrogen) atoms. The van der Waals surface area contributed by atoms with Crippen LogP contribution in [0.2, 0.25) is 0 Å². The zero-order valence-electron chi connectivity index (χ0n) is 14.7.